The molecule has 0 atom stereocenters. The van der Waals surface area contributed by atoms with Crippen molar-refractivity contribution in [3.63, 3.8) is 0 Å². The fourth-order valence-corrected chi connectivity index (χ4v) is 1.24. The number of benzene rings is 1. The van der Waals surface area contributed by atoms with Crippen molar-refractivity contribution in [2.75, 3.05) is 7.11 Å². The van der Waals surface area contributed by atoms with Gasteiger partial charge in [-0.05, 0) is 25.0 Å². The maximum Gasteiger partial charge on any atom is 0.153 e. The van der Waals surface area contributed by atoms with Crippen LogP contribution in [0.4, 0.5) is 0 Å². The predicted molar refractivity (Wildman–Crippen MR) is 52.0 cm³/mol. The minimum Gasteiger partial charge on any atom is -0.496 e. The second-order valence-electron chi connectivity index (χ2n) is 3.34. The number of carbonyl (C=O) groups is 1. The minimum atomic E-state index is 0.363. The molecule has 14 heavy (non-hydrogen) atoms. The molecule has 1 aliphatic rings. The van der Waals surface area contributed by atoms with Crippen LogP contribution in [0, 0.1) is 0 Å². The Bertz CT molecular complexity index is 342. The zero-order chi connectivity index (χ0) is 9.97. The zero-order valence-electron chi connectivity index (χ0n) is 8.03. The summed E-state index contributed by atoms with van der Waals surface area (Å²) < 4.78 is 10.6. The summed E-state index contributed by atoms with van der Waals surface area (Å²) in [6, 6.07) is 5.26. The molecule has 0 bridgehead atoms. The Morgan fingerprint density at radius 3 is 2.79 bits per heavy atom. The molecule has 0 aliphatic heterocycles. The summed E-state index contributed by atoms with van der Waals surface area (Å²) in [5, 5.41) is 0. The van der Waals surface area contributed by atoms with Gasteiger partial charge in [-0.15, -0.1) is 0 Å². The standard InChI is InChI=1S/C11H12O3/c1-13-11-6-10(14-9-4-5-9)3-2-8(11)7-12/h2-3,6-7,9H,4-5H2,1H3. The summed E-state index contributed by atoms with van der Waals surface area (Å²) in [6.45, 7) is 0. The summed E-state index contributed by atoms with van der Waals surface area (Å²) in [5.41, 5.74) is 0.552. The van der Waals surface area contributed by atoms with Gasteiger partial charge >= 0.3 is 0 Å². The second-order valence-corrected chi connectivity index (χ2v) is 3.34. The smallest absolute Gasteiger partial charge is 0.153 e. The van der Waals surface area contributed by atoms with E-state index in [1.165, 1.54) is 0 Å². The second kappa shape index (κ2) is 3.70. The molecule has 2 rings (SSSR count). The number of hydrogen-bond donors (Lipinski definition) is 0. The van der Waals surface area contributed by atoms with E-state index in [4.69, 9.17) is 9.47 Å². The highest BCUT2D eigenvalue weighted by Crippen LogP contribution is 2.30. The first kappa shape index (κ1) is 9.06. The molecule has 0 amide bonds. The van der Waals surface area contributed by atoms with E-state index in [1.807, 2.05) is 0 Å². The number of aldehydes is 1. The third-order valence-electron chi connectivity index (χ3n) is 2.16. The van der Waals surface area contributed by atoms with Crippen molar-refractivity contribution in [2.45, 2.75) is 18.9 Å². The highest BCUT2D eigenvalue weighted by molar-refractivity contribution is 5.79. The number of carbonyl (C=O) groups excluding carboxylic acids is 1. The molecular formula is C11H12O3. The van der Waals surface area contributed by atoms with Crippen LogP contribution in [-0.2, 0) is 0 Å². The Morgan fingerprint density at radius 2 is 2.21 bits per heavy atom. The Labute approximate surface area is 82.6 Å². The molecule has 1 aliphatic carbocycles. The van der Waals surface area contributed by atoms with Gasteiger partial charge in [0, 0.05) is 6.07 Å². The number of rotatable bonds is 4. The fourth-order valence-electron chi connectivity index (χ4n) is 1.24. The maximum atomic E-state index is 10.6. The molecule has 3 nitrogen and oxygen atoms in total. The van der Waals surface area contributed by atoms with Crippen molar-refractivity contribution in [2.24, 2.45) is 0 Å². The molecule has 0 heterocycles. The monoisotopic (exact) mass is 192 g/mol. The molecule has 0 radical (unpaired) electrons. The van der Waals surface area contributed by atoms with Crippen LogP contribution in [0.3, 0.4) is 0 Å². The molecule has 1 aromatic carbocycles. The summed E-state index contributed by atoms with van der Waals surface area (Å²) in [5.74, 6) is 1.34. The number of hydrogen-bond acceptors (Lipinski definition) is 3. The molecule has 1 saturated carbocycles. The van der Waals surface area contributed by atoms with E-state index in [0.29, 0.717) is 17.4 Å². The van der Waals surface area contributed by atoms with E-state index in [2.05, 4.69) is 0 Å². The average Bonchev–Trinajstić information content (AvgIpc) is 3.01. The third-order valence-corrected chi connectivity index (χ3v) is 2.16. The summed E-state index contributed by atoms with van der Waals surface area (Å²) in [4.78, 5) is 10.6. The van der Waals surface area contributed by atoms with Crippen LogP contribution in [0.25, 0.3) is 0 Å². The van der Waals surface area contributed by atoms with Crippen molar-refractivity contribution in [1.82, 2.24) is 0 Å². The lowest BCUT2D eigenvalue weighted by molar-refractivity contribution is 0.112. The minimum absolute atomic E-state index is 0.363. The van der Waals surface area contributed by atoms with Crippen LogP contribution in [0.15, 0.2) is 18.2 Å². The lowest BCUT2D eigenvalue weighted by Crippen LogP contribution is -1.97. The molecular weight excluding hydrogens is 180 g/mol. The first-order valence-electron chi connectivity index (χ1n) is 4.63. The molecule has 0 N–H and O–H groups in total. The van der Waals surface area contributed by atoms with Gasteiger partial charge in [0.25, 0.3) is 0 Å². The van der Waals surface area contributed by atoms with Crippen molar-refractivity contribution in [3.8, 4) is 11.5 Å². The highest BCUT2D eigenvalue weighted by Gasteiger charge is 2.23. The molecule has 1 aromatic rings. The van der Waals surface area contributed by atoms with E-state index in [0.717, 1.165) is 24.9 Å². The molecule has 0 aromatic heterocycles. The lowest BCUT2D eigenvalue weighted by atomic mass is 10.2. The number of ether oxygens (including phenoxy) is 2. The lowest BCUT2D eigenvalue weighted by Gasteiger charge is -2.07. The van der Waals surface area contributed by atoms with Crippen LogP contribution < -0.4 is 9.47 Å². The molecule has 0 unspecified atom stereocenters. The average molecular weight is 192 g/mol. The first-order chi connectivity index (χ1) is 6.83. The topological polar surface area (TPSA) is 35.5 Å². The van der Waals surface area contributed by atoms with E-state index in [-0.39, 0.29) is 0 Å². The van der Waals surface area contributed by atoms with Gasteiger partial charge in [0.2, 0.25) is 0 Å². The van der Waals surface area contributed by atoms with Gasteiger partial charge in [-0.25, -0.2) is 0 Å². The Hall–Kier alpha value is -1.51. The van der Waals surface area contributed by atoms with Crippen molar-refractivity contribution >= 4 is 6.29 Å². The van der Waals surface area contributed by atoms with Gasteiger partial charge in [0.05, 0.1) is 18.8 Å². The third kappa shape index (κ3) is 1.87. The SMILES string of the molecule is COc1cc(OC2CC2)ccc1C=O. The molecule has 3 heteroatoms. The van der Waals surface area contributed by atoms with Gasteiger partial charge in [-0.2, -0.15) is 0 Å². The molecule has 0 spiro atoms. The van der Waals surface area contributed by atoms with Crippen molar-refractivity contribution < 1.29 is 14.3 Å². The van der Waals surface area contributed by atoms with E-state index in [9.17, 15) is 4.79 Å². The predicted octanol–water partition coefficient (Wildman–Crippen LogP) is 2.05. The highest BCUT2D eigenvalue weighted by atomic mass is 16.5. The Balaban J connectivity index is 2.20. The van der Waals surface area contributed by atoms with Crippen molar-refractivity contribution in [1.29, 1.82) is 0 Å². The largest absolute Gasteiger partial charge is 0.496 e. The van der Waals surface area contributed by atoms with Gasteiger partial charge in [0.15, 0.2) is 6.29 Å². The van der Waals surface area contributed by atoms with Gasteiger partial charge in [0.1, 0.15) is 11.5 Å². The maximum absolute atomic E-state index is 10.6. The van der Waals surface area contributed by atoms with Gasteiger partial charge in [-0.1, -0.05) is 0 Å². The van der Waals surface area contributed by atoms with E-state index < -0.39 is 0 Å². The van der Waals surface area contributed by atoms with Crippen molar-refractivity contribution in [3.05, 3.63) is 23.8 Å². The zero-order valence-corrected chi connectivity index (χ0v) is 8.03. The van der Waals surface area contributed by atoms with Gasteiger partial charge < -0.3 is 9.47 Å². The molecule has 74 valence electrons. The molecule has 0 saturated heterocycles. The number of methoxy groups -OCH3 is 1. The normalized spacial score (nSPS) is 14.9. The summed E-state index contributed by atoms with van der Waals surface area (Å²) >= 11 is 0. The van der Waals surface area contributed by atoms with Crippen LogP contribution in [0.5, 0.6) is 11.5 Å². The van der Waals surface area contributed by atoms with E-state index >= 15 is 0 Å². The van der Waals surface area contributed by atoms with Crippen LogP contribution in [0.2, 0.25) is 0 Å². The summed E-state index contributed by atoms with van der Waals surface area (Å²) in [6.07, 6.45) is 3.39. The quantitative estimate of drug-likeness (QED) is 0.685. The molecule has 1 fully saturated rings. The summed E-state index contributed by atoms with van der Waals surface area (Å²) in [7, 11) is 1.54. The van der Waals surface area contributed by atoms with E-state index in [1.54, 1.807) is 25.3 Å². The van der Waals surface area contributed by atoms with Crippen LogP contribution >= 0.6 is 0 Å². The van der Waals surface area contributed by atoms with Gasteiger partial charge in [-0.3, -0.25) is 4.79 Å². The fraction of sp³-hybridized carbons (Fsp3) is 0.364. The Morgan fingerprint density at radius 1 is 1.43 bits per heavy atom. The van der Waals surface area contributed by atoms with Crippen LogP contribution in [0.1, 0.15) is 23.2 Å². The Kier molecular flexibility index (Phi) is 2.39. The first-order valence-corrected chi connectivity index (χ1v) is 4.63. The van der Waals surface area contributed by atoms with Crippen LogP contribution in [-0.4, -0.2) is 19.5 Å².